The fraction of sp³-hybridized carbons (Fsp3) is 0.316. The summed E-state index contributed by atoms with van der Waals surface area (Å²) in [7, 11) is 0. The second kappa shape index (κ2) is 9.70. The van der Waals surface area contributed by atoms with Crippen LogP contribution in [-0.2, 0) is 25.9 Å². The van der Waals surface area contributed by atoms with Gasteiger partial charge in [-0.15, -0.1) is 0 Å². The van der Waals surface area contributed by atoms with Crippen LogP contribution in [0.5, 0.6) is 0 Å². The fourth-order valence-electron chi connectivity index (χ4n) is 2.55. The first kappa shape index (κ1) is 18.0. The van der Waals surface area contributed by atoms with Crippen LogP contribution in [0.4, 0.5) is 4.79 Å². The summed E-state index contributed by atoms with van der Waals surface area (Å²) in [6.07, 6.45) is 1.69. The molecule has 0 aliphatic carbocycles. The number of carbonyl (C=O) groups excluding carboxylic acids is 1. The number of hydrogen-bond donors (Lipinski definition) is 4. The molecular formula is C19H26N4O. The van der Waals surface area contributed by atoms with Crippen molar-refractivity contribution in [2.45, 2.75) is 25.9 Å². The summed E-state index contributed by atoms with van der Waals surface area (Å²) < 4.78 is 0. The third kappa shape index (κ3) is 6.02. The minimum absolute atomic E-state index is 0.177. The average Bonchev–Trinajstić information content (AvgIpc) is 2.59. The summed E-state index contributed by atoms with van der Waals surface area (Å²) in [4.78, 5) is 11.9. The minimum Gasteiger partial charge on any atom is -0.334 e. The Morgan fingerprint density at radius 3 is 1.58 bits per heavy atom. The molecule has 0 heterocycles. The minimum atomic E-state index is -0.177. The normalized spacial score (nSPS) is 10.4. The monoisotopic (exact) mass is 326 g/mol. The van der Waals surface area contributed by atoms with Crippen molar-refractivity contribution in [1.29, 1.82) is 0 Å². The predicted molar refractivity (Wildman–Crippen MR) is 97.5 cm³/mol. The lowest BCUT2D eigenvalue weighted by Crippen LogP contribution is -2.34. The molecule has 0 aliphatic rings. The lowest BCUT2D eigenvalue weighted by molar-refractivity contribution is 0.240. The van der Waals surface area contributed by atoms with Crippen molar-refractivity contribution in [2.24, 2.45) is 11.5 Å². The third-order valence-electron chi connectivity index (χ3n) is 3.75. The summed E-state index contributed by atoms with van der Waals surface area (Å²) in [5.41, 5.74) is 15.7. The molecule has 2 aromatic carbocycles. The van der Waals surface area contributed by atoms with Gasteiger partial charge in [-0.3, -0.25) is 0 Å². The molecule has 0 fully saturated rings. The summed E-state index contributed by atoms with van der Waals surface area (Å²) in [6, 6.07) is 16.0. The number of urea groups is 1. The Balaban J connectivity index is 1.79. The quantitative estimate of drug-likeness (QED) is 0.595. The second-order valence-electron chi connectivity index (χ2n) is 5.75. The molecule has 2 aromatic rings. The highest BCUT2D eigenvalue weighted by atomic mass is 16.2. The van der Waals surface area contributed by atoms with E-state index in [-0.39, 0.29) is 6.03 Å². The molecule has 0 atom stereocenters. The molecule has 5 nitrogen and oxygen atoms in total. The molecule has 6 N–H and O–H groups in total. The zero-order valence-electron chi connectivity index (χ0n) is 13.9. The van der Waals surface area contributed by atoms with Gasteiger partial charge in [-0.25, -0.2) is 4.79 Å². The van der Waals surface area contributed by atoms with E-state index in [1.807, 2.05) is 36.4 Å². The van der Waals surface area contributed by atoms with Crippen molar-refractivity contribution < 1.29 is 4.79 Å². The molecule has 0 aromatic heterocycles. The summed E-state index contributed by atoms with van der Waals surface area (Å²) >= 11 is 0. The van der Waals surface area contributed by atoms with Gasteiger partial charge in [-0.2, -0.15) is 0 Å². The van der Waals surface area contributed by atoms with Crippen LogP contribution < -0.4 is 22.1 Å². The van der Waals surface area contributed by atoms with Crippen molar-refractivity contribution in [3.8, 4) is 0 Å². The number of hydrogen-bond acceptors (Lipinski definition) is 3. The van der Waals surface area contributed by atoms with E-state index >= 15 is 0 Å². The molecule has 0 saturated heterocycles. The van der Waals surface area contributed by atoms with Crippen molar-refractivity contribution in [3.63, 3.8) is 0 Å². The molecule has 0 bridgehead atoms. The SMILES string of the molecule is NCCc1cccc(CNC(=O)NCc2cccc(CCN)c2)c1. The summed E-state index contributed by atoms with van der Waals surface area (Å²) in [6.45, 7) is 2.25. The maximum absolute atomic E-state index is 11.9. The maximum Gasteiger partial charge on any atom is 0.315 e. The van der Waals surface area contributed by atoms with Crippen molar-refractivity contribution in [3.05, 3.63) is 70.8 Å². The highest BCUT2D eigenvalue weighted by Crippen LogP contribution is 2.06. The molecule has 0 spiro atoms. The van der Waals surface area contributed by atoms with E-state index in [4.69, 9.17) is 11.5 Å². The molecule has 128 valence electrons. The fourth-order valence-corrected chi connectivity index (χ4v) is 2.55. The molecule has 2 rings (SSSR count). The third-order valence-corrected chi connectivity index (χ3v) is 3.75. The topological polar surface area (TPSA) is 93.2 Å². The predicted octanol–water partition coefficient (Wildman–Crippen LogP) is 1.69. The first-order chi connectivity index (χ1) is 11.7. The molecule has 0 unspecified atom stereocenters. The van der Waals surface area contributed by atoms with Crippen LogP contribution in [0.25, 0.3) is 0 Å². The van der Waals surface area contributed by atoms with Crippen LogP contribution in [0.3, 0.4) is 0 Å². The lowest BCUT2D eigenvalue weighted by atomic mass is 10.1. The Morgan fingerprint density at radius 2 is 1.17 bits per heavy atom. The first-order valence-electron chi connectivity index (χ1n) is 8.28. The Labute approximate surface area is 143 Å². The molecule has 0 radical (unpaired) electrons. The van der Waals surface area contributed by atoms with E-state index in [0.29, 0.717) is 26.2 Å². The number of carbonyl (C=O) groups is 1. The molecular weight excluding hydrogens is 300 g/mol. The van der Waals surface area contributed by atoms with E-state index in [0.717, 1.165) is 24.0 Å². The Hall–Kier alpha value is -2.37. The van der Waals surface area contributed by atoms with Gasteiger partial charge in [0.1, 0.15) is 0 Å². The van der Waals surface area contributed by atoms with Crippen molar-refractivity contribution in [2.75, 3.05) is 13.1 Å². The lowest BCUT2D eigenvalue weighted by Gasteiger charge is -2.10. The number of nitrogens with two attached hydrogens (primary N) is 2. The van der Waals surface area contributed by atoms with E-state index in [1.165, 1.54) is 11.1 Å². The van der Waals surface area contributed by atoms with Crippen LogP contribution in [-0.4, -0.2) is 19.1 Å². The molecule has 5 heteroatoms. The summed E-state index contributed by atoms with van der Waals surface area (Å²) in [5.74, 6) is 0. The van der Waals surface area contributed by atoms with Crippen molar-refractivity contribution in [1.82, 2.24) is 10.6 Å². The first-order valence-corrected chi connectivity index (χ1v) is 8.28. The maximum atomic E-state index is 11.9. The van der Waals surface area contributed by atoms with Gasteiger partial charge in [0.2, 0.25) is 0 Å². The van der Waals surface area contributed by atoms with Crippen LogP contribution in [0.2, 0.25) is 0 Å². The number of amides is 2. The van der Waals surface area contributed by atoms with Gasteiger partial charge in [-0.05, 0) is 48.2 Å². The molecule has 24 heavy (non-hydrogen) atoms. The van der Waals surface area contributed by atoms with Gasteiger partial charge in [0.15, 0.2) is 0 Å². The molecule has 0 aliphatic heterocycles. The smallest absolute Gasteiger partial charge is 0.315 e. The van der Waals surface area contributed by atoms with Crippen LogP contribution >= 0.6 is 0 Å². The highest BCUT2D eigenvalue weighted by Gasteiger charge is 2.02. The Bertz CT molecular complexity index is 602. The Kier molecular flexibility index (Phi) is 7.26. The average molecular weight is 326 g/mol. The zero-order valence-corrected chi connectivity index (χ0v) is 13.9. The number of benzene rings is 2. The van der Waals surface area contributed by atoms with Crippen molar-refractivity contribution >= 4 is 6.03 Å². The Morgan fingerprint density at radius 1 is 0.750 bits per heavy atom. The summed E-state index contributed by atoms with van der Waals surface area (Å²) in [5, 5.41) is 5.75. The van der Waals surface area contributed by atoms with Gasteiger partial charge in [0.25, 0.3) is 0 Å². The van der Waals surface area contributed by atoms with E-state index in [2.05, 4.69) is 22.8 Å². The van der Waals surface area contributed by atoms with Crippen LogP contribution in [0, 0.1) is 0 Å². The molecule has 2 amide bonds. The zero-order chi connectivity index (χ0) is 17.2. The van der Waals surface area contributed by atoms with E-state index in [9.17, 15) is 4.79 Å². The standard InChI is InChI=1S/C19H26N4O/c20-9-7-15-3-1-5-17(11-15)13-22-19(24)23-14-18-6-2-4-16(12-18)8-10-21/h1-6,11-12H,7-10,13-14,20-21H2,(H2,22,23,24). The molecule has 0 saturated carbocycles. The van der Waals surface area contributed by atoms with Crippen LogP contribution in [0.15, 0.2) is 48.5 Å². The van der Waals surface area contributed by atoms with Crippen LogP contribution in [0.1, 0.15) is 22.3 Å². The second-order valence-corrected chi connectivity index (χ2v) is 5.75. The van der Waals surface area contributed by atoms with Gasteiger partial charge >= 0.3 is 6.03 Å². The van der Waals surface area contributed by atoms with Gasteiger partial charge < -0.3 is 22.1 Å². The number of nitrogens with one attached hydrogen (secondary N) is 2. The van der Waals surface area contributed by atoms with E-state index in [1.54, 1.807) is 0 Å². The largest absolute Gasteiger partial charge is 0.334 e. The van der Waals surface area contributed by atoms with E-state index < -0.39 is 0 Å². The van der Waals surface area contributed by atoms with Gasteiger partial charge in [-0.1, -0.05) is 48.5 Å². The van der Waals surface area contributed by atoms with Gasteiger partial charge in [0, 0.05) is 13.1 Å². The van der Waals surface area contributed by atoms with Gasteiger partial charge in [0.05, 0.1) is 0 Å². The number of rotatable bonds is 8. The highest BCUT2D eigenvalue weighted by molar-refractivity contribution is 5.73.